The Morgan fingerprint density at radius 3 is 2.59 bits per heavy atom. The van der Waals surface area contributed by atoms with Crippen LogP contribution in [0.2, 0.25) is 0 Å². The summed E-state index contributed by atoms with van der Waals surface area (Å²) in [5.41, 5.74) is 8.28. The number of fused-ring (bicyclic) bond motifs is 2. The maximum Gasteiger partial charge on any atom is 0.240 e. The van der Waals surface area contributed by atoms with E-state index in [-0.39, 0.29) is 0 Å². The molecule has 0 bridgehead atoms. The van der Waals surface area contributed by atoms with Crippen LogP contribution in [0.4, 0.5) is 11.5 Å². The first-order valence-corrected chi connectivity index (χ1v) is 11.8. The molecule has 1 aliphatic carbocycles. The van der Waals surface area contributed by atoms with Crippen LogP contribution in [0.25, 0.3) is 16.8 Å². The van der Waals surface area contributed by atoms with Crippen molar-refractivity contribution in [2.75, 3.05) is 11.9 Å². The third kappa shape index (κ3) is 3.84. The molecule has 0 aliphatic heterocycles. The predicted octanol–water partition coefficient (Wildman–Crippen LogP) is 5.87. The van der Waals surface area contributed by atoms with Crippen molar-refractivity contribution >= 4 is 23.2 Å². The van der Waals surface area contributed by atoms with Gasteiger partial charge in [-0.05, 0) is 69.2 Å². The first-order chi connectivity index (χ1) is 15.5. The Balaban J connectivity index is 1.93. The zero-order valence-electron chi connectivity index (χ0n) is 19.9. The summed E-state index contributed by atoms with van der Waals surface area (Å²) in [4.78, 5) is 22.0. The van der Waals surface area contributed by atoms with Crippen LogP contribution in [-0.4, -0.2) is 33.8 Å². The Labute approximate surface area is 190 Å². The van der Waals surface area contributed by atoms with Gasteiger partial charge in [0.25, 0.3) is 0 Å². The SMILES string of the molecule is CCCC(CCC)N(C)c1c2c(nc3c(-c4ccc(N=C=O)cc4C)c(C)nn13)CCC2. The number of anilines is 1. The lowest BCUT2D eigenvalue weighted by molar-refractivity contribution is 0.520. The van der Waals surface area contributed by atoms with Crippen LogP contribution in [0.1, 0.15) is 68.5 Å². The van der Waals surface area contributed by atoms with Gasteiger partial charge in [0, 0.05) is 29.9 Å². The van der Waals surface area contributed by atoms with Gasteiger partial charge in [0.15, 0.2) is 5.65 Å². The normalized spacial score (nSPS) is 12.9. The molecule has 0 unspecified atom stereocenters. The third-order valence-corrected chi connectivity index (χ3v) is 6.72. The molecule has 0 spiro atoms. The average Bonchev–Trinajstić information content (AvgIpc) is 3.35. The second-order valence-corrected chi connectivity index (χ2v) is 8.95. The highest BCUT2D eigenvalue weighted by atomic mass is 16.1. The molecule has 0 radical (unpaired) electrons. The van der Waals surface area contributed by atoms with Gasteiger partial charge in [-0.1, -0.05) is 32.8 Å². The highest BCUT2D eigenvalue weighted by molar-refractivity contribution is 5.84. The fourth-order valence-corrected chi connectivity index (χ4v) is 5.21. The summed E-state index contributed by atoms with van der Waals surface area (Å²) in [5, 5.41) is 5.02. The molecule has 2 heterocycles. The Bertz CT molecular complexity index is 1180. The molecule has 0 N–H and O–H groups in total. The minimum Gasteiger partial charge on any atom is -0.356 e. The molecule has 6 heteroatoms. The quantitative estimate of drug-likeness (QED) is 0.330. The van der Waals surface area contributed by atoms with Crippen LogP contribution in [0.15, 0.2) is 23.2 Å². The Morgan fingerprint density at radius 1 is 1.19 bits per heavy atom. The average molecular weight is 432 g/mol. The van der Waals surface area contributed by atoms with Gasteiger partial charge >= 0.3 is 0 Å². The molecule has 3 aromatic rings. The molecule has 6 nitrogen and oxygen atoms in total. The summed E-state index contributed by atoms with van der Waals surface area (Å²) in [6.45, 7) is 8.63. The van der Waals surface area contributed by atoms with Crippen LogP contribution in [0, 0.1) is 13.8 Å². The standard InChI is InChI=1S/C26H33N5O/c1-6-9-20(10-7-2)30(5)26-22-11-8-12-23(22)28-25-24(18(4)29-31(25)26)21-14-13-19(27-16-32)15-17(21)3/h13-15,20H,6-12H2,1-5H3. The lowest BCUT2D eigenvalue weighted by Gasteiger charge is -2.31. The smallest absolute Gasteiger partial charge is 0.240 e. The largest absolute Gasteiger partial charge is 0.356 e. The van der Waals surface area contributed by atoms with E-state index >= 15 is 0 Å². The minimum atomic E-state index is 0.496. The topological polar surface area (TPSA) is 62.9 Å². The van der Waals surface area contributed by atoms with Crippen LogP contribution in [0.3, 0.4) is 0 Å². The van der Waals surface area contributed by atoms with Gasteiger partial charge in [-0.3, -0.25) is 0 Å². The zero-order valence-corrected chi connectivity index (χ0v) is 19.9. The fourth-order valence-electron chi connectivity index (χ4n) is 5.21. The second kappa shape index (κ2) is 9.25. The number of aryl methyl sites for hydroxylation is 3. The summed E-state index contributed by atoms with van der Waals surface area (Å²) in [7, 11) is 2.23. The molecule has 2 aromatic heterocycles. The summed E-state index contributed by atoms with van der Waals surface area (Å²) >= 11 is 0. The van der Waals surface area contributed by atoms with Gasteiger partial charge in [0.2, 0.25) is 6.08 Å². The first kappa shape index (κ1) is 22.2. The molecule has 32 heavy (non-hydrogen) atoms. The van der Waals surface area contributed by atoms with Crippen molar-refractivity contribution in [1.82, 2.24) is 14.6 Å². The monoisotopic (exact) mass is 431 g/mol. The van der Waals surface area contributed by atoms with Crippen LogP contribution in [-0.2, 0) is 17.6 Å². The summed E-state index contributed by atoms with van der Waals surface area (Å²) in [6.07, 6.45) is 9.55. The number of aliphatic imine (C=N–C) groups is 1. The molecular weight excluding hydrogens is 398 g/mol. The molecule has 0 saturated carbocycles. The molecule has 0 fully saturated rings. The van der Waals surface area contributed by atoms with Crippen molar-refractivity contribution < 1.29 is 4.79 Å². The molecular formula is C26H33N5O. The van der Waals surface area contributed by atoms with E-state index in [1.54, 1.807) is 6.08 Å². The van der Waals surface area contributed by atoms with Crippen LogP contribution in [0.5, 0.6) is 0 Å². The number of aromatic nitrogens is 3. The van der Waals surface area contributed by atoms with Crippen molar-refractivity contribution in [3.63, 3.8) is 0 Å². The maximum absolute atomic E-state index is 10.7. The van der Waals surface area contributed by atoms with Crippen molar-refractivity contribution in [2.45, 2.75) is 78.7 Å². The summed E-state index contributed by atoms with van der Waals surface area (Å²) in [5.74, 6) is 1.21. The van der Waals surface area contributed by atoms with Crippen molar-refractivity contribution in [3.05, 3.63) is 40.7 Å². The molecule has 1 aliphatic rings. The Kier molecular flexibility index (Phi) is 6.43. The number of isocyanates is 1. The van der Waals surface area contributed by atoms with E-state index in [4.69, 9.17) is 10.1 Å². The number of rotatable bonds is 8. The summed E-state index contributed by atoms with van der Waals surface area (Å²) in [6, 6.07) is 6.29. The maximum atomic E-state index is 10.7. The molecule has 0 amide bonds. The van der Waals surface area contributed by atoms with Crippen LogP contribution >= 0.6 is 0 Å². The summed E-state index contributed by atoms with van der Waals surface area (Å²) < 4.78 is 2.09. The van der Waals surface area contributed by atoms with Gasteiger partial charge in [-0.15, -0.1) is 0 Å². The highest BCUT2D eigenvalue weighted by Crippen LogP contribution is 2.38. The van der Waals surface area contributed by atoms with E-state index in [0.717, 1.165) is 47.3 Å². The molecule has 0 saturated heterocycles. The molecule has 4 rings (SSSR count). The molecule has 168 valence electrons. The Hall–Kier alpha value is -2.98. The van der Waals surface area contributed by atoms with E-state index in [2.05, 4.69) is 42.2 Å². The van der Waals surface area contributed by atoms with E-state index < -0.39 is 0 Å². The number of hydrogen-bond acceptors (Lipinski definition) is 5. The van der Waals surface area contributed by atoms with Gasteiger partial charge < -0.3 is 4.90 Å². The van der Waals surface area contributed by atoms with E-state index in [9.17, 15) is 4.79 Å². The number of benzene rings is 1. The Morgan fingerprint density at radius 2 is 1.94 bits per heavy atom. The van der Waals surface area contributed by atoms with Gasteiger partial charge in [-0.2, -0.15) is 14.6 Å². The lowest BCUT2D eigenvalue weighted by Crippen LogP contribution is -2.34. The number of nitrogens with zero attached hydrogens (tertiary/aromatic N) is 5. The second-order valence-electron chi connectivity index (χ2n) is 8.95. The minimum absolute atomic E-state index is 0.496. The van der Waals surface area contributed by atoms with Crippen molar-refractivity contribution in [2.24, 2.45) is 4.99 Å². The van der Waals surface area contributed by atoms with Gasteiger partial charge in [0.1, 0.15) is 5.82 Å². The molecule has 1 aromatic carbocycles. The molecule has 0 atom stereocenters. The number of hydrogen-bond donors (Lipinski definition) is 0. The van der Waals surface area contributed by atoms with Crippen molar-refractivity contribution in [1.29, 1.82) is 0 Å². The fraction of sp³-hybridized carbons (Fsp3) is 0.500. The van der Waals surface area contributed by atoms with E-state index in [1.165, 1.54) is 42.8 Å². The highest BCUT2D eigenvalue weighted by Gasteiger charge is 2.28. The van der Waals surface area contributed by atoms with Gasteiger partial charge in [0.05, 0.1) is 11.4 Å². The first-order valence-electron chi connectivity index (χ1n) is 11.8. The van der Waals surface area contributed by atoms with Gasteiger partial charge in [-0.25, -0.2) is 9.78 Å². The van der Waals surface area contributed by atoms with E-state index in [0.29, 0.717) is 11.7 Å². The van der Waals surface area contributed by atoms with Crippen molar-refractivity contribution in [3.8, 4) is 11.1 Å². The zero-order chi connectivity index (χ0) is 22.8. The number of carbonyl (C=O) groups excluding carboxylic acids is 1. The van der Waals surface area contributed by atoms with Crippen LogP contribution < -0.4 is 4.90 Å². The third-order valence-electron chi connectivity index (χ3n) is 6.72. The predicted molar refractivity (Wildman–Crippen MR) is 130 cm³/mol. The lowest BCUT2D eigenvalue weighted by atomic mass is 10.00. The van der Waals surface area contributed by atoms with E-state index in [1.807, 2.05) is 25.1 Å².